The molecule has 0 saturated carbocycles. The molecule has 3 aromatic rings. The van der Waals surface area contributed by atoms with Crippen molar-refractivity contribution >= 4 is 34.5 Å². The largest absolute Gasteiger partial charge is 0.507 e. The Labute approximate surface area is 175 Å². The van der Waals surface area contributed by atoms with Gasteiger partial charge in [0.05, 0.1) is 6.21 Å². The second kappa shape index (κ2) is 8.97. The summed E-state index contributed by atoms with van der Waals surface area (Å²) < 4.78 is 5.70. The van der Waals surface area contributed by atoms with E-state index in [1.807, 2.05) is 63.2 Å². The number of nitrogens with one attached hydrogen (secondary N) is 1. The number of rotatable bonds is 6. The summed E-state index contributed by atoms with van der Waals surface area (Å²) in [6.45, 7) is 5.78. The van der Waals surface area contributed by atoms with Crippen LogP contribution >= 0.6 is 11.6 Å². The van der Waals surface area contributed by atoms with Gasteiger partial charge in [-0.15, -0.1) is 0 Å². The molecular weight excluding hydrogens is 388 g/mol. The van der Waals surface area contributed by atoms with E-state index in [9.17, 15) is 9.90 Å². The van der Waals surface area contributed by atoms with Gasteiger partial charge in [-0.05, 0) is 52.9 Å². The summed E-state index contributed by atoms with van der Waals surface area (Å²) in [4.78, 5) is 12.1. The van der Waals surface area contributed by atoms with Crippen molar-refractivity contribution in [3.8, 4) is 11.5 Å². The molecule has 1 amide bonds. The van der Waals surface area contributed by atoms with Crippen LogP contribution in [0.1, 0.15) is 36.5 Å². The van der Waals surface area contributed by atoms with Gasteiger partial charge in [-0.1, -0.05) is 55.8 Å². The van der Waals surface area contributed by atoms with Gasteiger partial charge in [-0.2, -0.15) is 5.10 Å². The lowest BCUT2D eigenvalue weighted by Gasteiger charge is -2.15. The van der Waals surface area contributed by atoms with Gasteiger partial charge < -0.3 is 9.84 Å². The summed E-state index contributed by atoms with van der Waals surface area (Å²) in [6.07, 6.45) is 1.43. The third-order valence-corrected chi connectivity index (χ3v) is 5.01. The van der Waals surface area contributed by atoms with Gasteiger partial charge in [0.2, 0.25) is 0 Å². The number of aryl methyl sites for hydroxylation is 1. The smallest absolute Gasteiger partial charge is 0.277 e. The Bertz CT molecular complexity index is 1080. The summed E-state index contributed by atoms with van der Waals surface area (Å²) in [7, 11) is 0. The van der Waals surface area contributed by atoms with Gasteiger partial charge in [0.1, 0.15) is 11.5 Å². The molecule has 0 aliphatic heterocycles. The minimum absolute atomic E-state index is 0.0937. The van der Waals surface area contributed by atoms with Crippen molar-refractivity contribution in [2.24, 2.45) is 5.10 Å². The Balaban J connectivity index is 1.67. The summed E-state index contributed by atoms with van der Waals surface area (Å²) in [5.74, 6) is 0.533. The van der Waals surface area contributed by atoms with Crippen LogP contribution in [0.3, 0.4) is 0 Å². The first kappa shape index (κ1) is 20.7. The highest BCUT2D eigenvalue weighted by Crippen LogP contribution is 2.32. The molecule has 0 spiro atoms. The molecule has 0 unspecified atom stereocenters. The minimum atomic E-state index is -0.400. The molecule has 150 valence electrons. The van der Waals surface area contributed by atoms with Crippen LogP contribution in [-0.4, -0.2) is 23.8 Å². The highest BCUT2D eigenvalue weighted by Gasteiger charge is 2.12. The van der Waals surface area contributed by atoms with E-state index in [0.29, 0.717) is 16.3 Å². The number of phenolic OH excluding ortho intramolecular Hbond substituents is 1. The van der Waals surface area contributed by atoms with Crippen molar-refractivity contribution < 1.29 is 14.6 Å². The fraction of sp³-hybridized carbons (Fsp3) is 0.217. The van der Waals surface area contributed by atoms with Crippen LogP contribution < -0.4 is 10.2 Å². The van der Waals surface area contributed by atoms with Crippen molar-refractivity contribution in [3.05, 3.63) is 70.2 Å². The fourth-order valence-corrected chi connectivity index (χ4v) is 3.18. The number of hydrogen-bond acceptors (Lipinski definition) is 4. The van der Waals surface area contributed by atoms with Crippen LogP contribution in [0.2, 0.25) is 5.02 Å². The number of hydrazone groups is 1. The Morgan fingerprint density at radius 1 is 1.24 bits per heavy atom. The standard InChI is InChI=1S/C23H23ClN2O3/c1-14(2)18-11-20(24)15(3)10-22(18)29-13-23(28)26-25-12-19-17-7-5-4-6-16(17)8-9-21(19)27/h4-12,14,27H,13H2,1-3H3,(H,26,28)/b25-12-. The maximum absolute atomic E-state index is 12.1. The van der Waals surface area contributed by atoms with E-state index < -0.39 is 5.91 Å². The molecule has 0 aliphatic rings. The van der Waals surface area contributed by atoms with Crippen LogP contribution in [-0.2, 0) is 4.79 Å². The first-order valence-electron chi connectivity index (χ1n) is 9.32. The Morgan fingerprint density at radius 2 is 2.00 bits per heavy atom. The summed E-state index contributed by atoms with van der Waals surface area (Å²) >= 11 is 6.20. The second-order valence-electron chi connectivity index (χ2n) is 7.10. The van der Waals surface area contributed by atoms with E-state index in [-0.39, 0.29) is 18.3 Å². The number of halogens is 1. The van der Waals surface area contributed by atoms with E-state index in [1.165, 1.54) is 6.21 Å². The van der Waals surface area contributed by atoms with Crippen LogP contribution in [0, 0.1) is 6.92 Å². The van der Waals surface area contributed by atoms with Gasteiger partial charge in [0.15, 0.2) is 6.61 Å². The number of carbonyl (C=O) groups excluding carboxylic acids is 1. The van der Waals surface area contributed by atoms with Crippen LogP contribution in [0.4, 0.5) is 0 Å². The molecule has 29 heavy (non-hydrogen) atoms. The van der Waals surface area contributed by atoms with Gasteiger partial charge >= 0.3 is 0 Å². The predicted octanol–water partition coefficient (Wildman–Crippen LogP) is 5.16. The first-order valence-corrected chi connectivity index (χ1v) is 9.70. The van der Waals surface area contributed by atoms with E-state index in [0.717, 1.165) is 21.9 Å². The van der Waals surface area contributed by atoms with Crippen LogP contribution in [0.25, 0.3) is 10.8 Å². The number of benzene rings is 3. The number of aromatic hydroxyl groups is 1. The molecule has 6 heteroatoms. The maximum atomic E-state index is 12.1. The third-order valence-electron chi connectivity index (χ3n) is 4.60. The number of nitrogens with zero attached hydrogens (tertiary/aromatic N) is 1. The average molecular weight is 411 g/mol. The SMILES string of the molecule is Cc1cc(OCC(=O)N/N=C\c2c(O)ccc3ccccc23)c(C(C)C)cc1Cl. The number of carbonyl (C=O) groups is 1. The lowest BCUT2D eigenvalue weighted by Crippen LogP contribution is -2.25. The number of amides is 1. The van der Waals surface area contributed by atoms with E-state index >= 15 is 0 Å². The molecule has 0 radical (unpaired) electrons. The second-order valence-corrected chi connectivity index (χ2v) is 7.50. The average Bonchev–Trinajstić information content (AvgIpc) is 2.70. The first-order chi connectivity index (χ1) is 13.9. The highest BCUT2D eigenvalue weighted by atomic mass is 35.5. The molecule has 0 saturated heterocycles. The quantitative estimate of drug-likeness (QED) is 0.435. The lowest BCUT2D eigenvalue weighted by atomic mass is 10.0. The van der Waals surface area contributed by atoms with Crippen molar-refractivity contribution in [1.29, 1.82) is 0 Å². The zero-order valence-electron chi connectivity index (χ0n) is 16.6. The van der Waals surface area contributed by atoms with Crippen LogP contribution in [0.15, 0.2) is 53.6 Å². The van der Waals surface area contributed by atoms with Crippen molar-refractivity contribution in [3.63, 3.8) is 0 Å². The lowest BCUT2D eigenvalue weighted by molar-refractivity contribution is -0.123. The third kappa shape index (κ3) is 4.87. The molecule has 2 N–H and O–H groups in total. The van der Waals surface area contributed by atoms with E-state index in [2.05, 4.69) is 10.5 Å². The summed E-state index contributed by atoms with van der Waals surface area (Å²) in [5, 5.41) is 16.6. The van der Waals surface area contributed by atoms with Gasteiger partial charge in [-0.3, -0.25) is 4.79 Å². The zero-order valence-corrected chi connectivity index (χ0v) is 17.3. The van der Waals surface area contributed by atoms with Gasteiger partial charge in [-0.25, -0.2) is 5.43 Å². The molecule has 0 heterocycles. The Morgan fingerprint density at radius 3 is 2.76 bits per heavy atom. The van der Waals surface area contributed by atoms with Crippen molar-refractivity contribution in [2.75, 3.05) is 6.61 Å². The molecule has 3 aromatic carbocycles. The Kier molecular flexibility index (Phi) is 6.39. The van der Waals surface area contributed by atoms with Crippen molar-refractivity contribution in [1.82, 2.24) is 5.43 Å². The molecule has 0 atom stereocenters. The predicted molar refractivity (Wildman–Crippen MR) is 117 cm³/mol. The molecule has 0 fully saturated rings. The normalized spacial score (nSPS) is 11.3. The van der Waals surface area contributed by atoms with E-state index in [1.54, 1.807) is 6.07 Å². The maximum Gasteiger partial charge on any atom is 0.277 e. The van der Waals surface area contributed by atoms with Gasteiger partial charge in [0.25, 0.3) is 5.91 Å². The number of hydrogen-bond donors (Lipinski definition) is 2. The molecule has 0 aromatic heterocycles. The molecule has 3 rings (SSSR count). The number of fused-ring (bicyclic) bond motifs is 1. The number of ether oxygens (including phenoxy) is 1. The topological polar surface area (TPSA) is 70.9 Å². The number of phenols is 1. The highest BCUT2D eigenvalue weighted by molar-refractivity contribution is 6.31. The fourth-order valence-electron chi connectivity index (χ4n) is 3.01. The van der Waals surface area contributed by atoms with Crippen molar-refractivity contribution in [2.45, 2.75) is 26.7 Å². The van der Waals surface area contributed by atoms with Crippen LogP contribution in [0.5, 0.6) is 11.5 Å². The molecule has 5 nitrogen and oxygen atoms in total. The zero-order chi connectivity index (χ0) is 21.0. The Hall–Kier alpha value is -3.05. The summed E-state index contributed by atoms with van der Waals surface area (Å²) in [5.41, 5.74) is 4.81. The molecular formula is C23H23ClN2O3. The molecule has 0 bridgehead atoms. The minimum Gasteiger partial charge on any atom is -0.507 e. The monoisotopic (exact) mass is 410 g/mol. The molecule has 0 aliphatic carbocycles. The van der Waals surface area contributed by atoms with E-state index in [4.69, 9.17) is 16.3 Å². The summed E-state index contributed by atoms with van der Waals surface area (Å²) in [6, 6.07) is 14.8. The van der Waals surface area contributed by atoms with Gasteiger partial charge in [0, 0.05) is 10.6 Å².